The largest absolute Gasteiger partial charge is 0.353 e. The normalized spacial score (nSPS) is 16.8. The van der Waals surface area contributed by atoms with Crippen LogP contribution in [0.1, 0.15) is 41.9 Å². The van der Waals surface area contributed by atoms with Gasteiger partial charge in [-0.1, -0.05) is 60.2 Å². The van der Waals surface area contributed by atoms with E-state index in [1.165, 1.54) is 11.1 Å². The van der Waals surface area contributed by atoms with E-state index in [-0.39, 0.29) is 6.29 Å². The fourth-order valence-electron chi connectivity index (χ4n) is 3.38. The van der Waals surface area contributed by atoms with E-state index >= 15 is 0 Å². The number of ether oxygens (including phenoxy) is 2. The molecule has 1 atom stereocenters. The summed E-state index contributed by atoms with van der Waals surface area (Å²) in [6.07, 6.45) is 3.80. The predicted molar refractivity (Wildman–Crippen MR) is 110 cm³/mol. The van der Waals surface area contributed by atoms with E-state index in [1.54, 1.807) is 0 Å². The molecule has 1 aromatic heterocycles. The molecule has 4 rings (SSSR count). The van der Waals surface area contributed by atoms with E-state index in [0.717, 1.165) is 48.6 Å². The molecule has 2 aromatic carbocycles. The highest BCUT2D eigenvalue weighted by Gasteiger charge is 2.15. The minimum absolute atomic E-state index is 0.121. The molecular formula is C24H26N2O2. The quantitative estimate of drug-likeness (QED) is 0.603. The fourth-order valence-corrected chi connectivity index (χ4v) is 3.38. The summed E-state index contributed by atoms with van der Waals surface area (Å²) in [5.41, 5.74) is 5.36. The van der Waals surface area contributed by atoms with Crippen LogP contribution in [0.15, 0.2) is 60.7 Å². The Hall–Kier alpha value is -2.56. The summed E-state index contributed by atoms with van der Waals surface area (Å²) in [6.45, 7) is 3.31. The number of hydrogen-bond acceptors (Lipinski definition) is 4. The van der Waals surface area contributed by atoms with Gasteiger partial charge in [-0.25, -0.2) is 9.97 Å². The van der Waals surface area contributed by atoms with Gasteiger partial charge in [0.25, 0.3) is 0 Å². The summed E-state index contributed by atoms with van der Waals surface area (Å²) in [5.74, 6) is 0.812. The van der Waals surface area contributed by atoms with Gasteiger partial charge in [0.1, 0.15) is 5.82 Å². The van der Waals surface area contributed by atoms with Gasteiger partial charge in [-0.2, -0.15) is 0 Å². The third-order valence-electron chi connectivity index (χ3n) is 4.93. The molecule has 1 aliphatic rings. The van der Waals surface area contributed by atoms with Crippen LogP contribution in [-0.2, 0) is 22.5 Å². The van der Waals surface area contributed by atoms with Crippen LogP contribution >= 0.6 is 0 Å². The lowest BCUT2D eigenvalue weighted by Crippen LogP contribution is -2.22. The summed E-state index contributed by atoms with van der Waals surface area (Å²) >= 11 is 0. The van der Waals surface area contributed by atoms with Crippen molar-refractivity contribution in [2.45, 2.75) is 45.5 Å². The molecule has 1 unspecified atom stereocenters. The molecule has 4 heteroatoms. The van der Waals surface area contributed by atoms with Crippen molar-refractivity contribution in [2.75, 3.05) is 6.61 Å². The number of aryl methyl sites for hydroxylation is 1. The van der Waals surface area contributed by atoms with Crippen LogP contribution in [0.2, 0.25) is 0 Å². The highest BCUT2D eigenvalue weighted by Crippen LogP contribution is 2.21. The number of rotatable bonds is 6. The Labute approximate surface area is 166 Å². The van der Waals surface area contributed by atoms with Crippen molar-refractivity contribution in [3.05, 3.63) is 83.3 Å². The predicted octanol–water partition coefficient (Wildman–Crippen LogP) is 5.09. The van der Waals surface area contributed by atoms with Crippen molar-refractivity contribution in [1.82, 2.24) is 9.97 Å². The smallest absolute Gasteiger partial charge is 0.158 e. The lowest BCUT2D eigenvalue weighted by molar-refractivity contribution is -0.169. The molecule has 0 N–H and O–H groups in total. The van der Waals surface area contributed by atoms with Gasteiger partial charge >= 0.3 is 0 Å². The Morgan fingerprint density at radius 2 is 1.82 bits per heavy atom. The van der Waals surface area contributed by atoms with Crippen LogP contribution in [-0.4, -0.2) is 22.9 Å². The van der Waals surface area contributed by atoms with E-state index in [9.17, 15) is 0 Å². The van der Waals surface area contributed by atoms with Crippen molar-refractivity contribution in [2.24, 2.45) is 0 Å². The van der Waals surface area contributed by atoms with Gasteiger partial charge < -0.3 is 9.47 Å². The second kappa shape index (κ2) is 9.09. The maximum atomic E-state index is 5.97. The van der Waals surface area contributed by atoms with E-state index < -0.39 is 0 Å². The number of benzene rings is 2. The zero-order valence-corrected chi connectivity index (χ0v) is 16.3. The lowest BCUT2D eigenvalue weighted by Gasteiger charge is -2.22. The molecule has 2 heterocycles. The molecule has 4 nitrogen and oxygen atoms in total. The van der Waals surface area contributed by atoms with Crippen LogP contribution in [0.25, 0.3) is 11.3 Å². The average Bonchev–Trinajstić information content (AvgIpc) is 2.74. The summed E-state index contributed by atoms with van der Waals surface area (Å²) in [7, 11) is 0. The molecule has 1 saturated heterocycles. The first kappa shape index (κ1) is 18.8. The highest BCUT2D eigenvalue weighted by atomic mass is 16.7. The van der Waals surface area contributed by atoms with Gasteiger partial charge in [-0.05, 0) is 37.8 Å². The van der Waals surface area contributed by atoms with Gasteiger partial charge in [0.2, 0.25) is 0 Å². The van der Waals surface area contributed by atoms with Crippen molar-refractivity contribution >= 4 is 0 Å². The lowest BCUT2D eigenvalue weighted by atomic mass is 10.1. The number of hydrogen-bond donors (Lipinski definition) is 0. The Morgan fingerprint density at radius 1 is 1.00 bits per heavy atom. The van der Waals surface area contributed by atoms with E-state index in [2.05, 4.69) is 43.3 Å². The van der Waals surface area contributed by atoms with E-state index in [0.29, 0.717) is 13.0 Å². The van der Waals surface area contributed by atoms with Gasteiger partial charge in [0, 0.05) is 18.6 Å². The molecule has 0 amide bonds. The zero-order valence-electron chi connectivity index (χ0n) is 16.3. The topological polar surface area (TPSA) is 44.2 Å². The molecule has 144 valence electrons. The Balaban J connectivity index is 1.59. The zero-order chi connectivity index (χ0) is 19.2. The first-order chi connectivity index (χ1) is 13.8. The van der Waals surface area contributed by atoms with Gasteiger partial charge in [-0.15, -0.1) is 0 Å². The van der Waals surface area contributed by atoms with Crippen molar-refractivity contribution in [3.63, 3.8) is 0 Å². The average molecular weight is 374 g/mol. The van der Waals surface area contributed by atoms with Gasteiger partial charge in [0.05, 0.1) is 18.0 Å². The molecule has 1 fully saturated rings. The first-order valence-electron chi connectivity index (χ1n) is 9.97. The van der Waals surface area contributed by atoms with Crippen LogP contribution < -0.4 is 0 Å². The van der Waals surface area contributed by atoms with Crippen LogP contribution in [0.4, 0.5) is 0 Å². The summed E-state index contributed by atoms with van der Waals surface area (Å²) in [6, 6.07) is 20.8. The number of nitrogens with zero attached hydrogens (tertiary/aromatic N) is 2. The standard InChI is InChI=1S/C24H26N2O2/c1-18-10-12-20(13-11-18)22-16-21(17-28-24-9-5-6-14-27-24)25-23(26-22)15-19-7-3-2-4-8-19/h2-4,7-8,10-13,16,24H,5-6,9,14-15,17H2,1H3. The first-order valence-corrected chi connectivity index (χ1v) is 9.97. The molecular weight excluding hydrogens is 348 g/mol. The third kappa shape index (κ3) is 5.03. The maximum absolute atomic E-state index is 5.97. The minimum atomic E-state index is -0.121. The van der Waals surface area contributed by atoms with Gasteiger partial charge in [0.15, 0.2) is 6.29 Å². The summed E-state index contributed by atoms with van der Waals surface area (Å²) in [4.78, 5) is 9.59. The summed E-state index contributed by atoms with van der Waals surface area (Å²) in [5, 5.41) is 0. The van der Waals surface area contributed by atoms with Crippen LogP contribution in [0.5, 0.6) is 0 Å². The molecule has 0 bridgehead atoms. The molecule has 0 spiro atoms. The molecule has 0 saturated carbocycles. The molecule has 1 aliphatic heterocycles. The Morgan fingerprint density at radius 3 is 2.57 bits per heavy atom. The highest BCUT2D eigenvalue weighted by molar-refractivity contribution is 5.59. The van der Waals surface area contributed by atoms with Crippen molar-refractivity contribution in [3.8, 4) is 11.3 Å². The van der Waals surface area contributed by atoms with Gasteiger partial charge in [-0.3, -0.25) is 0 Å². The number of aromatic nitrogens is 2. The van der Waals surface area contributed by atoms with Crippen LogP contribution in [0, 0.1) is 6.92 Å². The van der Waals surface area contributed by atoms with E-state index in [1.807, 2.05) is 24.3 Å². The van der Waals surface area contributed by atoms with Crippen molar-refractivity contribution < 1.29 is 9.47 Å². The third-order valence-corrected chi connectivity index (χ3v) is 4.93. The maximum Gasteiger partial charge on any atom is 0.158 e. The molecule has 3 aromatic rings. The monoisotopic (exact) mass is 374 g/mol. The Bertz CT molecular complexity index is 888. The SMILES string of the molecule is Cc1ccc(-c2cc(COC3CCCCO3)nc(Cc3ccccc3)n2)cc1. The second-order valence-corrected chi connectivity index (χ2v) is 7.30. The second-order valence-electron chi connectivity index (χ2n) is 7.30. The van der Waals surface area contributed by atoms with Crippen LogP contribution in [0.3, 0.4) is 0 Å². The van der Waals surface area contributed by atoms with E-state index in [4.69, 9.17) is 19.4 Å². The van der Waals surface area contributed by atoms with Crippen molar-refractivity contribution in [1.29, 1.82) is 0 Å². The molecule has 28 heavy (non-hydrogen) atoms. The molecule has 0 aliphatic carbocycles. The molecule has 0 radical (unpaired) electrons. The fraction of sp³-hybridized carbons (Fsp3) is 0.333. The minimum Gasteiger partial charge on any atom is -0.353 e. The Kier molecular flexibility index (Phi) is 6.10. The summed E-state index contributed by atoms with van der Waals surface area (Å²) < 4.78 is 11.7.